The number of ether oxygens (including phenoxy) is 2. The van der Waals surface area contributed by atoms with Crippen molar-refractivity contribution in [2.24, 2.45) is 0 Å². The van der Waals surface area contributed by atoms with E-state index in [-0.39, 0.29) is 0 Å². The Morgan fingerprint density at radius 1 is 0.537 bits per heavy atom. The number of benzene rings is 6. The average Bonchev–Trinajstić information content (AvgIpc) is 3.14. The van der Waals surface area contributed by atoms with Gasteiger partial charge in [-0.05, 0) is 69.5 Å². The number of rotatable bonds is 7. The molecule has 0 aromatic heterocycles. The van der Waals surface area contributed by atoms with E-state index in [2.05, 4.69) is 41.5 Å². The van der Waals surface area contributed by atoms with E-state index in [9.17, 15) is 4.79 Å². The van der Waals surface area contributed by atoms with E-state index in [1.54, 1.807) is 20.3 Å². The maximum absolute atomic E-state index is 13.7. The fourth-order valence-electron chi connectivity index (χ4n) is 6.73. The molecule has 9 nitrogen and oxygen atoms in total. The van der Waals surface area contributed by atoms with Crippen molar-refractivity contribution in [2.75, 3.05) is 14.2 Å². The number of carbonyl (C=O) groups excluding carboxylic acids is 1. The zero-order valence-electron chi connectivity index (χ0n) is 31.3. The predicted octanol–water partition coefficient (Wildman–Crippen LogP) is 12.2. The van der Waals surface area contributed by atoms with Gasteiger partial charge in [-0.25, -0.2) is 4.79 Å². The smallest absolute Gasteiger partial charge is 0.497 e. The molecule has 54 heavy (non-hydrogen) atoms. The first-order valence-corrected chi connectivity index (χ1v) is 19.7. The first-order valence-electron chi connectivity index (χ1n) is 17.5. The molecule has 0 spiro atoms. The summed E-state index contributed by atoms with van der Waals surface area (Å²) in [5.41, 5.74) is 2.37. The molecule has 0 saturated heterocycles. The molecule has 276 valence electrons. The Balaban J connectivity index is 1.28. The molecule has 6 aromatic rings. The molecule has 0 fully saturated rings. The van der Waals surface area contributed by atoms with Gasteiger partial charge in [0, 0.05) is 22.3 Å². The van der Waals surface area contributed by atoms with Crippen molar-refractivity contribution in [2.45, 2.75) is 52.4 Å². The largest absolute Gasteiger partial charge is 0.532 e. The van der Waals surface area contributed by atoms with Gasteiger partial charge in [0.2, 0.25) is 0 Å². The van der Waals surface area contributed by atoms with Crippen molar-refractivity contribution >= 4 is 44.7 Å². The summed E-state index contributed by atoms with van der Waals surface area (Å²) in [6.07, 6.45) is 0. The van der Waals surface area contributed by atoms with Gasteiger partial charge >= 0.3 is 23.2 Å². The lowest BCUT2D eigenvalue weighted by Crippen LogP contribution is -2.18. The van der Waals surface area contributed by atoms with Crippen LogP contribution in [-0.4, -0.2) is 20.2 Å². The van der Waals surface area contributed by atoms with E-state index in [1.807, 2.05) is 91.0 Å². The molecule has 0 bridgehead atoms. The summed E-state index contributed by atoms with van der Waals surface area (Å²) < 4.78 is 50.6. The highest BCUT2D eigenvalue weighted by atomic mass is 31.2. The highest BCUT2D eigenvalue weighted by molar-refractivity contribution is 7.43. The SMILES string of the molecule is COc1cc(-c2cc(OC)cc(C(C)(C)C)c2OP2Oc3cccc4cccc(c34)O2)c(OP2OC(=O)c3c(ccc4ccccc34)O2)c(C(C)(C)C)c1. The van der Waals surface area contributed by atoms with Crippen LogP contribution < -0.4 is 32.1 Å². The molecule has 1 atom stereocenters. The Labute approximate surface area is 317 Å². The van der Waals surface area contributed by atoms with Gasteiger partial charge in [0.15, 0.2) is 0 Å². The number of carbonyl (C=O) groups is 1. The average molecular weight is 763 g/mol. The first kappa shape index (κ1) is 35.8. The van der Waals surface area contributed by atoms with Gasteiger partial charge in [-0.3, -0.25) is 0 Å². The summed E-state index contributed by atoms with van der Waals surface area (Å²) in [6.45, 7) is 12.6. The van der Waals surface area contributed by atoms with Crippen LogP contribution in [0.2, 0.25) is 0 Å². The quantitative estimate of drug-likeness (QED) is 0.147. The monoisotopic (exact) mass is 762 g/mol. The Bertz CT molecular complexity index is 2410. The van der Waals surface area contributed by atoms with Crippen LogP contribution in [-0.2, 0) is 15.4 Å². The topological polar surface area (TPSA) is 90.9 Å². The summed E-state index contributed by atoms with van der Waals surface area (Å²) in [7, 11) is -0.949. The molecule has 8 rings (SSSR count). The zero-order chi connectivity index (χ0) is 37.9. The van der Waals surface area contributed by atoms with E-state index < -0.39 is 34.0 Å². The van der Waals surface area contributed by atoms with Gasteiger partial charge in [0.25, 0.3) is 0 Å². The molecule has 1 unspecified atom stereocenters. The molecule has 0 radical (unpaired) electrons. The molecular weight excluding hydrogens is 722 g/mol. The van der Waals surface area contributed by atoms with Gasteiger partial charge in [-0.1, -0.05) is 96.1 Å². The third-order valence-electron chi connectivity index (χ3n) is 9.43. The second-order valence-corrected chi connectivity index (χ2v) is 17.1. The summed E-state index contributed by atoms with van der Waals surface area (Å²) in [4.78, 5) is 13.7. The maximum atomic E-state index is 13.7. The van der Waals surface area contributed by atoms with Crippen LogP contribution >= 0.6 is 17.2 Å². The fourth-order valence-corrected chi connectivity index (χ4v) is 8.81. The van der Waals surface area contributed by atoms with E-state index in [0.29, 0.717) is 56.9 Å². The van der Waals surface area contributed by atoms with Crippen LogP contribution in [0.3, 0.4) is 0 Å². The summed E-state index contributed by atoms with van der Waals surface area (Å²) >= 11 is 0. The maximum Gasteiger partial charge on any atom is 0.532 e. The van der Waals surface area contributed by atoms with Gasteiger partial charge in [-0.15, -0.1) is 0 Å². The molecule has 0 N–H and O–H groups in total. The van der Waals surface area contributed by atoms with Crippen LogP contribution in [0.25, 0.3) is 32.7 Å². The van der Waals surface area contributed by atoms with Crippen LogP contribution in [0.15, 0.2) is 97.1 Å². The Morgan fingerprint density at radius 2 is 1.04 bits per heavy atom. The highest BCUT2D eigenvalue weighted by Gasteiger charge is 2.38. The summed E-state index contributed by atoms with van der Waals surface area (Å²) in [5.74, 6) is 3.40. The van der Waals surface area contributed by atoms with Gasteiger partial charge in [0.1, 0.15) is 45.8 Å². The number of hydrogen-bond donors (Lipinski definition) is 0. The van der Waals surface area contributed by atoms with Crippen LogP contribution in [0.4, 0.5) is 0 Å². The predicted molar refractivity (Wildman–Crippen MR) is 213 cm³/mol. The number of fused-ring (bicyclic) bond motifs is 3. The number of methoxy groups -OCH3 is 2. The highest BCUT2D eigenvalue weighted by Crippen LogP contribution is 2.58. The van der Waals surface area contributed by atoms with E-state index in [0.717, 1.165) is 32.7 Å². The van der Waals surface area contributed by atoms with Crippen molar-refractivity contribution in [1.29, 1.82) is 0 Å². The zero-order valence-corrected chi connectivity index (χ0v) is 33.1. The lowest BCUT2D eigenvalue weighted by atomic mass is 9.81. The summed E-state index contributed by atoms with van der Waals surface area (Å²) in [6, 6.07) is 30.8. The third-order valence-corrected chi connectivity index (χ3v) is 11.4. The van der Waals surface area contributed by atoms with Crippen molar-refractivity contribution in [1.82, 2.24) is 0 Å². The third kappa shape index (κ3) is 6.50. The molecule has 0 saturated carbocycles. The van der Waals surface area contributed by atoms with Gasteiger partial charge in [-0.2, -0.15) is 0 Å². The normalized spacial score (nSPS) is 15.4. The molecule has 2 aliphatic heterocycles. The van der Waals surface area contributed by atoms with Crippen molar-refractivity contribution < 1.29 is 41.4 Å². The second kappa shape index (κ2) is 13.6. The lowest BCUT2D eigenvalue weighted by Gasteiger charge is -2.31. The molecule has 0 aliphatic carbocycles. The molecule has 11 heteroatoms. The Kier molecular flexibility index (Phi) is 8.99. The molecule has 2 aliphatic rings. The number of hydrogen-bond acceptors (Lipinski definition) is 9. The molecule has 0 amide bonds. The minimum atomic E-state index is -2.24. The minimum absolute atomic E-state index is 0.367. The second-order valence-electron chi connectivity index (χ2n) is 15.2. The Hall–Kier alpha value is -5.23. The van der Waals surface area contributed by atoms with Crippen molar-refractivity contribution in [3.8, 4) is 51.4 Å². The van der Waals surface area contributed by atoms with Crippen molar-refractivity contribution in [3.63, 3.8) is 0 Å². The van der Waals surface area contributed by atoms with E-state index in [4.69, 9.17) is 36.6 Å². The van der Waals surface area contributed by atoms with E-state index >= 15 is 0 Å². The Morgan fingerprint density at radius 3 is 1.57 bits per heavy atom. The van der Waals surface area contributed by atoms with Gasteiger partial charge < -0.3 is 36.6 Å². The van der Waals surface area contributed by atoms with Crippen molar-refractivity contribution in [3.05, 3.63) is 114 Å². The fraction of sp³-hybridized carbons (Fsp3) is 0.233. The van der Waals surface area contributed by atoms with Crippen LogP contribution in [0.1, 0.15) is 63.0 Å². The first-order chi connectivity index (χ1) is 25.8. The van der Waals surface area contributed by atoms with Gasteiger partial charge in [0.05, 0.1) is 19.6 Å². The standard InChI is InChI=1S/C43H40O9P2/c1-42(2,3)32-23-27(45-7)21-30(39(32)50-53-47-34-17-11-14-26-15-12-18-35(48-53)37(26)34)31-22-28(46-8)24-33(43(4,5)6)40(31)51-54-49-36-20-19-25-13-9-10-16-29(25)38(36)41(44)52-54/h9-24H,1-8H3. The van der Waals surface area contributed by atoms with Crippen LogP contribution in [0, 0.1) is 0 Å². The lowest BCUT2D eigenvalue weighted by molar-refractivity contribution is 0.0700. The summed E-state index contributed by atoms with van der Waals surface area (Å²) in [5, 5.41) is 3.56. The molecule has 6 aromatic carbocycles. The molecular formula is C43H40O9P2. The minimum Gasteiger partial charge on any atom is -0.497 e. The van der Waals surface area contributed by atoms with Crippen LogP contribution in [0.5, 0.6) is 40.2 Å². The molecule has 2 heterocycles. The van der Waals surface area contributed by atoms with E-state index in [1.165, 1.54) is 0 Å².